The Morgan fingerprint density at radius 2 is 1.96 bits per heavy atom. The number of ether oxygens (including phenoxy) is 1. The second-order valence-corrected chi connectivity index (χ2v) is 6.53. The molecule has 0 aliphatic rings. The van der Waals surface area contributed by atoms with E-state index in [4.69, 9.17) is 13.6 Å². The largest absolute Gasteiger partial charge is 0.463 e. The number of hydrogen-bond acceptors (Lipinski definition) is 6. The standard InChI is InChI=1S/C20H19N3O4/c1-12(2)18-21-22-19(27-18)16-10-13-6-4-5-7-15(13)23(16)11-14-8-9-17(26-14)20(24)25-3/h4-10,12H,11H2,1-3H3. The molecule has 138 valence electrons. The minimum atomic E-state index is -0.502. The van der Waals surface area contributed by atoms with Crippen molar-refractivity contribution < 1.29 is 18.4 Å². The van der Waals surface area contributed by atoms with Crippen molar-refractivity contribution in [3.05, 3.63) is 59.9 Å². The Bertz CT molecular complexity index is 1100. The van der Waals surface area contributed by atoms with Crippen molar-refractivity contribution in [2.45, 2.75) is 26.3 Å². The Morgan fingerprint density at radius 1 is 1.15 bits per heavy atom. The predicted octanol–water partition coefficient (Wildman–Crippen LogP) is 4.24. The maximum atomic E-state index is 11.6. The zero-order valence-corrected chi connectivity index (χ0v) is 15.3. The molecule has 0 N–H and O–H groups in total. The molecule has 4 rings (SSSR count). The summed E-state index contributed by atoms with van der Waals surface area (Å²) in [5, 5.41) is 9.40. The fourth-order valence-electron chi connectivity index (χ4n) is 2.96. The molecule has 0 atom stereocenters. The summed E-state index contributed by atoms with van der Waals surface area (Å²) in [6, 6.07) is 13.4. The molecule has 0 saturated heterocycles. The molecule has 27 heavy (non-hydrogen) atoms. The molecule has 0 saturated carbocycles. The summed E-state index contributed by atoms with van der Waals surface area (Å²) in [5.41, 5.74) is 1.81. The van der Waals surface area contributed by atoms with E-state index in [-0.39, 0.29) is 11.7 Å². The van der Waals surface area contributed by atoms with E-state index in [1.54, 1.807) is 12.1 Å². The number of carbonyl (C=O) groups is 1. The maximum Gasteiger partial charge on any atom is 0.373 e. The molecule has 0 fully saturated rings. The summed E-state index contributed by atoms with van der Waals surface area (Å²) < 4.78 is 18.2. The van der Waals surface area contributed by atoms with Crippen LogP contribution in [0.15, 0.2) is 51.3 Å². The first-order valence-electron chi connectivity index (χ1n) is 8.66. The van der Waals surface area contributed by atoms with Gasteiger partial charge in [-0.15, -0.1) is 10.2 Å². The lowest BCUT2D eigenvalue weighted by Crippen LogP contribution is -2.02. The quantitative estimate of drug-likeness (QED) is 0.492. The van der Waals surface area contributed by atoms with Gasteiger partial charge >= 0.3 is 5.97 Å². The zero-order valence-electron chi connectivity index (χ0n) is 15.3. The average Bonchev–Trinajstić information content (AvgIpc) is 3.40. The number of aromatic nitrogens is 3. The molecule has 1 aromatic carbocycles. The van der Waals surface area contributed by atoms with Crippen LogP contribution in [0.25, 0.3) is 22.5 Å². The van der Waals surface area contributed by atoms with Crippen molar-refractivity contribution in [3.8, 4) is 11.6 Å². The SMILES string of the molecule is COC(=O)c1ccc(Cn2c(-c3nnc(C(C)C)o3)cc3ccccc32)o1. The van der Waals surface area contributed by atoms with Crippen LogP contribution in [0.1, 0.15) is 42.0 Å². The van der Waals surface area contributed by atoms with Crippen molar-refractivity contribution in [2.75, 3.05) is 7.11 Å². The van der Waals surface area contributed by atoms with Crippen LogP contribution >= 0.6 is 0 Å². The molecule has 3 aromatic heterocycles. The molecule has 3 heterocycles. The molecule has 0 aliphatic carbocycles. The molecule has 0 amide bonds. The highest BCUT2D eigenvalue weighted by Crippen LogP contribution is 2.29. The van der Waals surface area contributed by atoms with Gasteiger partial charge < -0.3 is 18.1 Å². The van der Waals surface area contributed by atoms with Crippen LogP contribution in [0.3, 0.4) is 0 Å². The van der Waals surface area contributed by atoms with E-state index in [9.17, 15) is 4.79 Å². The second-order valence-electron chi connectivity index (χ2n) is 6.53. The number of para-hydroxylation sites is 1. The first-order chi connectivity index (χ1) is 13.1. The van der Waals surface area contributed by atoms with E-state index in [0.29, 0.717) is 24.1 Å². The van der Waals surface area contributed by atoms with Gasteiger partial charge in [0.2, 0.25) is 11.7 Å². The molecular weight excluding hydrogens is 346 g/mol. The Morgan fingerprint density at radius 3 is 2.70 bits per heavy atom. The lowest BCUT2D eigenvalue weighted by molar-refractivity contribution is 0.0563. The summed E-state index contributed by atoms with van der Waals surface area (Å²) in [5.74, 6) is 1.49. The smallest absolute Gasteiger partial charge is 0.373 e. The fraction of sp³-hybridized carbons (Fsp3) is 0.250. The Kier molecular flexibility index (Phi) is 4.27. The zero-order chi connectivity index (χ0) is 19.0. The first kappa shape index (κ1) is 17.1. The molecule has 0 aliphatic heterocycles. The Balaban J connectivity index is 1.78. The maximum absolute atomic E-state index is 11.6. The van der Waals surface area contributed by atoms with Crippen molar-refractivity contribution in [3.63, 3.8) is 0 Å². The number of esters is 1. The molecule has 0 unspecified atom stereocenters. The topological polar surface area (TPSA) is 83.3 Å². The number of benzene rings is 1. The van der Waals surface area contributed by atoms with Gasteiger partial charge in [-0.3, -0.25) is 0 Å². The average molecular weight is 365 g/mol. The van der Waals surface area contributed by atoms with Gasteiger partial charge in [-0.1, -0.05) is 32.0 Å². The number of carbonyl (C=O) groups excluding carboxylic acids is 1. The Labute approximate surface area is 155 Å². The van der Waals surface area contributed by atoms with Crippen molar-refractivity contribution in [2.24, 2.45) is 0 Å². The molecule has 7 heteroatoms. The lowest BCUT2D eigenvalue weighted by Gasteiger charge is -2.07. The molecule has 0 radical (unpaired) electrons. The minimum Gasteiger partial charge on any atom is -0.463 e. The fourth-order valence-corrected chi connectivity index (χ4v) is 2.96. The molecule has 0 spiro atoms. The highest BCUT2D eigenvalue weighted by atomic mass is 16.5. The van der Waals surface area contributed by atoms with Crippen molar-refractivity contribution in [1.29, 1.82) is 0 Å². The number of fused-ring (bicyclic) bond motifs is 1. The van der Waals surface area contributed by atoms with E-state index in [1.165, 1.54) is 7.11 Å². The van der Waals surface area contributed by atoms with E-state index in [1.807, 2.05) is 48.7 Å². The van der Waals surface area contributed by atoms with Crippen LogP contribution in [0.5, 0.6) is 0 Å². The van der Waals surface area contributed by atoms with Crippen molar-refractivity contribution in [1.82, 2.24) is 14.8 Å². The Hall–Kier alpha value is -3.35. The summed E-state index contributed by atoms with van der Waals surface area (Å²) in [4.78, 5) is 11.6. The molecule has 0 bridgehead atoms. The second kappa shape index (κ2) is 6.75. The minimum absolute atomic E-state index is 0.150. The highest BCUT2D eigenvalue weighted by Gasteiger charge is 2.19. The van der Waals surface area contributed by atoms with E-state index < -0.39 is 5.97 Å². The third-order valence-corrected chi connectivity index (χ3v) is 4.33. The van der Waals surface area contributed by atoms with Crippen LogP contribution in [0.4, 0.5) is 0 Å². The van der Waals surface area contributed by atoms with Gasteiger partial charge in [0.25, 0.3) is 5.89 Å². The summed E-state index contributed by atoms with van der Waals surface area (Å²) in [7, 11) is 1.32. The summed E-state index contributed by atoms with van der Waals surface area (Å²) in [6.45, 7) is 4.42. The number of nitrogens with zero attached hydrogens (tertiary/aromatic N) is 3. The van der Waals surface area contributed by atoms with E-state index >= 15 is 0 Å². The van der Waals surface area contributed by atoms with Crippen LogP contribution in [-0.4, -0.2) is 27.8 Å². The van der Waals surface area contributed by atoms with E-state index in [0.717, 1.165) is 16.6 Å². The van der Waals surface area contributed by atoms with Crippen LogP contribution < -0.4 is 0 Å². The lowest BCUT2D eigenvalue weighted by atomic mass is 10.2. The van der Waals surface area contributed by atoms with Crippen LogP contribution in [-0.2, 0) is 11.3 Å². The van der Waals surface area contributed by atoms with Gasteiger partial charge in [0.15, 0.2) is 0 Å². The summed E-state index contributed by atoms with van der Waals surface area (Å²) >= 11 is 0. The molecule has 4 aromatic rings. The van der Waals surface area contributed by atoms with Gasteiger partial charge in [-0.05, 0) is 24.3 Å². The van der Waals surface area contributed by atoms with Gasteiger partial charge in [0.1, 0.15) is 11.5 Å². The first-order valence-corrected chi connectivity index (χ1v) is 8.66. The molecule has 7 nitrogen and oxygen atoms in total. The van der Waals surface area contributed by atoms with Crippen LogP contribution in [0, 0.1) is 0 Å². The number of furan rings is 1. The van der Waals surface area contributed by atoms with Crippen molar-refractivity contribution >= 4 is 16.9 Å². The van der Waals surface area contributed by atoms with Gasteiger partial charge in [0.05, 0.1) is 13.7 Å². The summed E-state index contributed by atoms with van der Waals surface area (Å²) in [6.07, 6.45) is 0. The number of hydrogen-bond donors (Lipinski definition) is 0. The van der Waals surface area contributed by atoms with Crippen LogP contribution in [0.2, 0.25) is 0 Å². The van der Waals surface area contributed by atoms with Gasteiger partial charge in [0, 0.05) is 16.8 Å². The third-order valence-electron chi connectivity index (χ3n) is 4.33. The number of rotatable bonds is 5. The molecular formula is C20H19N3O4. The monoisotopic (exact) mass is 365 g/mol. The number of methoxy groups -OCH3 is 1. The van der Waals surface area contributed by atoms with Gasteiger partial charge in [-0.25, -0.2) is 4.79 Å². The third kappa shape index (κ3) is 3.12. The predicted molar refractivity (Wildman–Crippen MR) is 98.5 cm³/mol. The normalized spacial score (nSPS) is 11.4. The van der Waals surface area contributed by atoms with E-state index in [2.05, 4.69) is 10.2 Å². The van der Waals surface area contributed by atoms with Gasteiger partial charge in [-0.2, -0.15) is 0 Å². The highest BCUT2D eigenvalue weighted by molar-refractivity contribution is 5.87.